The molecular weight excluding hydrogens is 230 g/mol. The summed E-state index contributed by atoms with van der Waals surface area (Å²) in [5.41, 5.74) is 2.72. The predicted octanol–water partition coefficient (Wildman–Crippen LogP) is 2.82. The lowest BCUT2D eigenvalue weighted by atomic mass is 10.2. The highest BCUT2D eigenvalue weighted by molar-refractivity contribution is 7.10. The molecule has 1 N–H and O–H groups in total. The first-order valence-corrected chi connectivity index (χ1v) is 6.99. The van der Waals surface area contributed by atoms with Gasteiger partial charge in [-0.25, -0.2) is 0 Å². The lowest BCUT2D eigenvalue weighted by Gasteiger charge is -2.07. The van der Waals surface area contributed by atoms with Gasteiger partial charge in [0.1, 0.15) is 0 Å². The molecule has 0 aromatic carbocycles. The Bertz CT molecular complexity index is 416. The standard InChI is InChI=1S/C13H19N3S/c1-3-11-6-8-17-13(11)10-14-9-12-5-7-15-16(12)4-2/h5-8,14H,3-4,9-10H2,1-2H3. The number of hydrogen-bond donors (Lipinski definition) is 1. The third-order valence-electron chi connectivity index (χ3n) is 2.91. The molecule has 0 aliphatic rings. The molecule has 0 aliphatic carbocycles. The van der Waals surface area contributed by atoms with Crippen molar-refractivity contribution < 1.29 is 0 Å². The van der Waals surface area contributed by atoms with E-state index in [-0.39, 0.29) is 0 Å². The topological polar surface area (TPSA) is 29.9 Å². The van der Waals surface area contributed by atoms with Gasteiger partial charge in [-0.05, 0) is 36.4 Å². The van der Waals surface area contributed by atoms with Crippen molar-refractivity contribution in [3.05, 3.63) is 39.8 Å². The molecule has 0 amide bonds. The first-order chi connectivity index (χ1) is 8.35. The third-order valence-corrected chi connectivity index (χ3v) is 3.88. The molecule has 92 valence electrons. The van der Waals surface area contributed by atoms with Crippen molar-refractivity contribution in [3.8, 4) is 0 Å². The molecule has 0 unspecified atom stereocenters. The van der Waals surface area contributed by atoms with Gasteiger partial charge in [0.25, 0.3) is 0 Å². The van der Waals surface area contributed by atoms with Crippen molar-refractivity contribution in [1.82, 2.24) is 15.1 Å². The lowest BCUT2D eigenvalue weighted by Crippen LogP contribution is -2.16. The maximum atomic E-state index is 4.26. The molecule has 0 bridgehead atoms. The largest absolute Gasteiger partial charge is 0.306 e. The zero-order valence-corrected chi connectivity index (χ0v) is 11.3. The van der Waals surface area contributed by atoms with Crippen LogP contribution in [0.3, 0.4) is 0 Å². The number of nitrogens with one attached hydrogen (secondary N) is 1. The second-order valence-corrected chi connectivity index (χ2v) is 4.97. The Hall–Kier alpha value is -1.13. The molecular formula is C13H19N3S. The van der Waals surface area contributed by atoms with E-state index in [0.717, 1.165) is 26.1 Å². The van der Waals surface area contributed by atoms with Gasteiger partial charge in [-0.15, -0.1) is 11.3 Å². The molecule has 0 saturated heterocycles. The van der Waals surface area contributed by atoms with E-state index in [9.17, 15) is 0 Å². The van der Waals surface area contributed by atoms with E-state index in [1.54, 1.807) is 0 Å². The molecule has 4 heteroatoms. The number of aryl methyl sites for hydroxylation is 2. The van der Waals surface area contributed by atoms with E-state index in [1.165, 1.54) is 16.1 Å². The molecule has 0 aliphatic heterocycles. The molecule has 2 heterocycles. The van der Waals surface area contributed by atoms with Crippen LogP contribution in [0, 0.1) is 0 Å². The Kier molecular flexibility index (Phi) is 4.34. The van der Waals surface area contributed by atoms with Gasteiger partial charge in [0.05, 0.1) is 5.69 Å². The van der Waals surface area contributed by atoms with Gasteiger partial charge in [0.2, 0.25) is 0 Å². The Morgan fingerprint density at radius 2 is 2.18 bits per heavy atom. The smallest absolute Gasteiger partial charge is 0.0522 e. The SMILES string of the molecule is CCc1ccsc1CNCc1ccnn1CC. The second-order valence-electron chi connectivity index (χ2n) is 3.96. The predicted molar refractivity (Wildman–Crippen MR) is 72.1 cm³/mol. The van der Waals surface area contributed by atoms with Crippen LogP contribution in [0.15, 0.2) is 23.7 Å². The third kappa shape index (κ3) is 2.96. The molecule has 3 nitrogen and oxygen atoms in total. The summed E-state index contributed by atoms with van der Waals surface area (Å²) >= 11 is 1.84. The Morgan fingerprint density at radius 1 is 1.29 bits per heavy atom. The van der Waals surface area contributed by atoms with Gasteiger partial charge in [0.15, 0.2) is 0 Å². The van der Waals surface area contributed by atoms with Crippen LogP contribution < -0.4 is 5.32 Å². The average Bonchev–Trinajstić information content (AvgIpc) is 2.97. The van der Waals surface area contributed by atoms with Crippen molar-refractivity contribution in [2.75, 3.05) is 0 Å². The van der Waals surface area contributed by atoms with Crippen molar-refractivity contribution in [2.24, 2.45) is 0 Å². The highest BCUT2D eigenvalue weighted by Gasteiger charge is 2.03. The van der Waals surface area contributed by atoms with Gasteiger partial charge in [-0.3, -0.25) is 4.68 Å². The van der Waals surface area contributed by atoms with Crippen LogP contribution in [-0.2, 0) is 26.1 Å². The summed E-state index contributed by atoms with van der Waals surface area (Å²) in [5.74, 6) is 0. The normalized spacial score (nSPS) is 10.9. The highest BCUT2D eigenvalue weighted by Crippen LogP contribution is 2.17. The maximum absolute atomic E-state index is 4.26. The van der Waals surface area contributed by atoms with Crippen molar-refractivity contribution in [1.29, 1.82) is 0 Å². The first-order valence-electron chi connectivity index (χ1n) is 6.11. The van der Waals surface area contributed by atoms with Crippen LogP contribution in [0.4, 0.5) is 0 Å². The molecule has 0 saturated carbocycles. The molecule has 2 aromatic heterocycles. The minimum Gasteiger partial charge on any atom is -0.306 e. The van der Waals surface area contributed by atoms with Gasteiger partial charge < -0.3 is 5.32 Å². The maximum Gasteiger partial charge on any atom is 0.0522 e. The number of rotatable bonds is 6. The van der Waals surface area contributed by atoms with E-state index in [0.29, 0.717) is 0 Å². The summed E-state index contributed by atoms with van der Waals surface area (Å²) in [6, 6.07) is 4.30. The van der Waals surface area contributed by atoms with E-state index < -0.39 is 0 Å². The Morgan fingerprint density at radius 3 is 2.94 bits per heavy atom. The monoisotopic (exact) mass is 249 g/mol. The molecule has 0 atom stereocenters. The van der Waals surface area contributed by atoms with Crippen LogP contribution in [-0.4, -0.2) is 9.78 Å². The number of aromatic nitrogens is 2. The molecule has 0 radical (unpaired) electrons. The zero-order valence-electron chi connectivity index (χ0n) is 10.4. The first kappa shape index (κ1) is 12.3. The zero-order chi connectivity index (χ0) is 12.1. The molecule has 0 spiro atoms. The summed E-state index contributed by atoms with van der Waals surface area (Å²) in [4.78, 5) is 1.45. The van der Waals surface area contributed by atoms with Gasteiger partial charge in [-0.2, -0.15) is 5.10 Å². The van der Waals surface area contributed by atoms with E-state index in [4.69, 9.17) is 0 Å². The van der Waals surface area contributed by atoms with Crippen molar-refractivity contribution in [2.45, 2.75) is 39.9 Å². The van der Waals surface area contributed by atoms with Crippen LogP contribution in [0.1, 0.15) is 30.0 Å². The van der Waals surface area contributed by atoms with Crippen molar-refractivity contribution >= 4 is 11.3 Å². The van der Waals surface area contributed by atoms with Crippen LogP contribution in [0.25, 0.3) is 0 Å². The summed E-state index contributed by atoms with van der Waals surface area (Å²) < 4.78 is 2.03. The number of hydrogen-bond acceptors (Lipinski definition) is 3. The molecule has 2 rings (SSSR count). The minimum absolute atomic E-state index is 0.884. The summed E-state index contributed by atoms with van der Waals surface area (Å²) in [6.07, 6.45) is 2.98. The number of nitrogens with zero attached hydrogens (tertiary/aromatic N) is 2. The van der Waals surface area contributed by atoms with E-state index in [2.05, 4.69) is 41.8 Å². The fraction of sp³-hybridized carbons (Fsp3) is 0.462. The molecule has 17 heavy (non-hydrogen) atoms. The van der Waals surface area contributed by atoms with Gasteiger partial charge >= 0.3 is 0 Å². The quantitative estimate of drug-likeness (QED) is 0.853. The Balaban J connectivity index is 1.87. The fourth-order valence-corrected chi connectivity index (χ4v) is 2.88. The van der Waals surface area contributed by atoms with E-state index >= 15 is 0 Å². The minimum atomic E-state index is 0.884. The van der Waals surface area contributed by atoms with Crippen LogP contribution >= 0.6 is 11.3 Å². The van der Waals surface area contributed by atoms with Crippen LogP contribution in [0.2, 0.25) is 0 Å². The fourth-order valence-electron chi connectivity index (χ4n) is 1.94. The van der Waals surface area contributed by atoms with Crippen LogP contribution in [0.5, 0.6) is 0 Å². The second kappa shape index (κ2) is 5.98. The molecule has 0 fully saturated rings. The lowest BCUT2D eigenvalue weighted by molar-refractivity contribution is 0.582. The summed E-state index contributed by atoms with van der Waals surface area (Å²) in [7, 11) is 0. The highest BCUT2D eigenvalue weighted by atomic mass is 32.1. The summed E-state index contributed by atoms with van der Waals surface area (Å²) in [6.45, 7) is 7.09. The molecule has 2 aromatic rings. The van der Waals surface area contributed by atoms with E-state index in [1.807, 2.05) is 22.2 Å². The Labute approximate surface area is 106 Å². The number of thiophene rings is 1. The van der Waals surface area contributed by atoms with Crippen molar-refractivity contribution in [3.63, 3.8) is 0 Å². The van der Waals surface area contributed by atoms with Gasteiger partial charge in [-0.1, -0.05) is 6.92 Å². The average molecular weight is 249 g/mol. The van der Waals surface area contributed by atoms with Gasteiger partial charge in [0, 0.05) is 30.7 Å². The summed E-state index contributed by atoms with van der Waals surface area (Å²) in [5, 5.41) is 9.93.